The normalized spacial score (nSPS) is 20.7. The summed E-state index contributed by atoms with van der Waals surface area (Å²) < 4.78 is 10.5. The third-order valence-electron chi connectivity index (χ3n) is 3.99. The Morgan fingerprint density at radius 3 is 2.81 bits per heavy atom. The van der Waals surface area contributed by atoms with Crippen LogP contribution in [0.25, 0.3) is 0 Å². The van der Waals surface area contributed by atoms with E-state index in [0.717, 1.165) is 37.7 Å². The van der Waals surface area contributed by atoms with Gasteiger partial charge < -0.3 is 19.7 Å². The van der Waals surface area contributed by atoms with Crippen molar-refractivity contribution in [3.05, 3.63) is 23.9 Å². The highest BCUT2D eigenvalue weighted by Crippen LogP contribution is 2.26. The van der Waals surface area contributed by atoms with Crippen LogP contribution in [-0.4, -0.2) is 50.4 Å². The van der Waals surface area contributed by atoms with Crippen molar-refractivity contribution in [3.63, 3.8) is 0 Å². The largest absolute Gasteiger partial charge is 0.379 e. The van der Waals surface area contributed by atoms with Gasteiger partial charge in [0.1, 0.15) is 5.82 Å². The van der Waals surface area contributed by atoms with E-state index in [2.05, 4.69) is 15.2 Å². The lowest BCUT2D eigenvalue weighted by Crippen LogP contribution is -2.51. The van der Waals surface area contributed by atoms with E-state index in [1.165, 1.54) is 0 Å². The molecular weight excluding hydrogens is 270 g/mol. The highest BCUT2D eigenvalue weighted by Gasteiger charge is 2.40. The van der Waals surface area contributed by atoms with E-state index >= 15 is 0 Å². The summed E-state index contributed by atoms with van der Waals surface area (Å²) in [5.74, 6) is 1.00. The second kappa shape index (κ2) is 5.99. The summed E-state index contributed by atoms with van der Waals surface area (Å²) in [6.07, 6.45) is 1.79. The number of amides is 1. The summed E-state index contributed by atoms with van der Waals surface area (Å²) in [4.78, 5) is 18.7. The Hall–Kier alpha value is -1.66. The van der Waals surface area contributed by atoms with Crippen LogP contribution >= 0.6 is 0 Å². The van der Waals surface area contributed by atoms with Crippen LogP contribution in [0.3, 0.4) is 0 Å². The highest BCUT2D eigenvalue weighted by atomic mass is 16.5. The van der Waals surface area contributed by atoms with E-state index in [9.17, 15) is 4.79 Å². The summed E-state index contributed by atoms with van der Waals surface area (Å²) in [6, 6.07) is 3.97. The van der Waals surface area contributed by atoms with Crippen LogP contribution in [0.2, 0.25) is 0 Å². The molecule has 3 rings (SSSR count). The van der Waals surface area contributed by atoms with E-state index in [1.54, 1.807) is 6.20 Å². The van der Waals surface area contributed by atoms with E-state index < -0.39 is 0 Å². The Kier molecular flexibility index (Phi) is 4.07. The molecule has 0 radical (unpaired) electrons. The fraction of sp³-hybridized carbons (Fsp3) is 0.600. The van der Waals surface area contributed by atoms with Gasteiger partial charge in [-0.2, -0.15) is 0 Å². The monoisotopic (exact) mass is 291 g/mol. The molecule has 0 saturated carbocycles. The molecule has 0 atom stereocenters. The first-order chi connectivity index (χ1) is 10.2. The molecular formula is C15H21N3O3. The molecule has 0 aromatic carbocycles. The first-order valence-electron chi connectivity index (χ1n) is 7.31. The van der Waals surface area contributed by atoms with Crippen molar-refractivity contribution in [1.82, 2.24) is 10.3 Å². The highest BCUT2D eigenvalue weighted by molar-refractivity contribution is 5.83. The van der Waals surface area contributed by atoms with Crippen LogP contribution in [-0.2, 0) is 20.8 Å². The van der Waals surface area contributed by atoms with Gasteiger partial charge in [-0.3, -0.25) is 4.79 Å². The SMILES string of the molecule is CC1(C(=O)NCc2ccnc(N3CCOCC3)c2)COC1. The average Bonchev–Trinajstić information content (AvgIpc) is 2.51. The lowest BCUT2D eigenvalue weighted by molar-refractivity contribution is -0.157. The number of aromatic nitrogens is 1. The fourth-order valence-electron chi connectivity index (χ4n) is 2.47. The Bertz CT molecular complexity index is 511. The molecule has 1 aromatic heterocycles. The van der Waals surface area contributed by atoms with Gasteiger partial charge in [-0.25, -0.2) is 4.98 Å². The van der Waals surface area contributed by atoms with Crippen molar-refractivity contribution < 1.29 is 14.3 Å². The van der Waals surface area contributed by atoms with Gasteiger partial charge in [-0.05, 0) is 24.6 Å². The molecule has 2 saturated heterocycles. The quantitative estimate of drug-likeness (QED) is 0.879. The van der Waals surface area contributed by atoms with Gasteiger partial charge in [-0.1, -0.05) is 0 Å². The number of nitrogens with zero attached hydrogens (tertiary/aromatic N) is 2. The lowest BCUT2D eigenvalue weighted by atomic mass is 9.87. The van der Waals surface area contributed by atoms with E-state index in [-0.39, 0.29) is 11.3 Å². The number of hydrogen-bond donors (Lipinski definition) is 1. The van der Waals surface area contributed by atoms with Crippen molar-refractivity contribution in [1.29, 1.82) is 0 Å². The van der Waals surface area contributed by atoms with Crippen molar-refractivity contribution in [2.45, 2.75) is 13.5 Å². The van der Waals surface area contributed by atoms with Gasteiger partial charge in [0.25, 0.3) is 0 Å². The molecule has 114 valence electrons. The maximum Gasteiger partial charge on any atom is 0.230 e. The Balaban J connectivity index is 1.59. The molecule has 0 spiro atoms. The molecule has 0 aliphatic carbocycles. The average molecular weight is 291 g/mol. The molecule has 1 N–H and O–H groups in total. The molecule has 3 heterocycles. The molecule has 2 aliphatic heterocycles. The number of anilines is 1. The van der Waals surface area contributed by atoms with Crippen molar-refractivity contribution in [2.24, 2.45) is 5.41 Å². The molecule has 6 nitrogen and oxygen atoms in total. The standard InChI is InChI=1S/C15H21N3O3/c1-15(10-21-11-15)14(19)17-9-12-2-3-16-13(8-12)18-4-6-20-7-5-18/h2-3,8H,4-7,9-11H2,1H3,(H,17,19). The second-order valence-electron chi connectivity index (χ2n) is 5.86. The number of rotatable bonds is 4. The first-order valence-corrected chi connectivity index (χ1v) is 7.31. The van der Waals surface area contributed by atoms with Crippen molar-refractivity contribution in [2.75, 3.05) is 44.4 Å². The zero-order valence-electron chi connectivity index (χ0n) is 12.3. The Morgan fingerprint density at radius 2 is 2.14 bits per heavy atom. The summed E-state index contributed by atoms with van der Waals surface area (Å²) >= 11 is 0. The van der Waals surface area contributed by atoms with Gasteiger partial charge >= 0.3 is 0 Å². The molecule has 2 aliphatic rings. The van der Waals surface area contributed by atoms with Gasteiger partial charge in [0, 0.05) is 25.8 Å². The molecule has 1 aromatic rings. The predicted molar refractivity (Wildman–Crippen MR) is 78.0 cm³/mol. The minimum atomic E-state index is -0.361. The Morgan fingerprint density at radius 1 is 1.38 bits per heavy atom. The zero-order valence-corrected chi connectivity index (χ0v) is 12.3. The maximum absolute atomic E-state index is 12.1. The third-order valence-corrected chi connectivity index (χ3v) is 3.99. The zero-order chi connectivity index (χ0) is 14.7. The van der Waals surface area contributed by atoms with Crippen LogP contribution in [0.4, 0.5) is 5.82 Å². The van der Waals surface area contributed by atoms with Crippen LogP contribution in [0.15, 0.2) is 18.3 Å². The van der Waals surface area contributed by atoms with Crippen LogP contribution in [0, 0.1) is 5.41 Å². The van der Waals surface area contributed by atoms with E-state index in [0.29, 0.717) is 19.8 Å². The second-order valence-corrected chi connectivity index (χ2v) is 5.86. The topological polar surface area (TPSA) is 63.7 Å². The fourth-order valence-corrected chi connectivity index (χ4v) is 2.47. The number of hydrogen-bond acceptors (Lipinski definition) is 5. The van der Waals surface area contributed by atoms with Crippen LogP contribution in [0.5, 0.6) is 0 Å². The van der Waals surface area contributed by atoms with Gasteiger partial charge in [0.2, 0.25) is 5.91 Å². The van der Waals surface area contributed by atoms with Crippen molar-refractivity contribution in [3.8, 4) is 0 Å². The van der Waals surface area contributed by atoms with Crippen molar-refractivity contribution >= 4 is 11.7 Å². The number of morpholine rings is 1. The van der Waals surface area contributed by atoms with Gasteiger partial charge in [0.05, 0.1) is 31.8 Å². The number of carbonyl (C=O) groups is 1. The maximum atomic E-state index is 12.1. The van der Waals surface area contributed by atoms with Crippen LogP contribution in [0.1, 0.15) is 12.5 Å². The van der Waals surface area contributed by atoms with Crippen LogP contribution < -0.4 is 10.2 Å². The summed E-state index contributed by atoms with van der Waals surface area (Å²) in [6.45, 7) is 6.66. The molecule has 6 heteroatoms. The third kappa shape index (κ3) is 3.16. The first kappa shape index (κ1) is 14.3. The number of ether oxygens (including phenoxy) is 2. The van der Waals surface area contributed by atoms with Gasteiger partial charge in [-0.15, -0.1) is 0 Å². The number of pyridine rings is 1. The molecule has 0 unspecified atom stereocenters. The predicted octanol–water partition coefficient (Wildman–Crippen LogP) is 0.571. The summed E-state index contributed by atoms with van der Waals surface area (Å²) in [7, 11) is 0. The summed E-state index contributed by atoms with van der Waals surface area (Å²) in [5, 5.41) is 2.98. The smallest absolute Gasteiger partial charge is 0.230 e. The summed E-state index contributed by atoms with van der Waals surface area (Å²) in [5.41, 5.74) is 0.698. The van der Waals surface area contributed by atoms with E-state index in [1.807, 2.05) is 19.1 Å². The minimum absolute atomic E-state index is 0.0542. The number of carbonyl (C=O) groups excluding carboxylic acids is 1. The molecule has 1 amide bonds. The van der Waals surface area contributed by atoms with E-state index in [4.69, 9.17) is 9.47 Å². The molecule has 21 heavy (non-hydrogen) atoms. The molecule has 0 bridgehead atoms. The number of nitrogens with one attached hydrogen (secondary N) is 1. The molecule has 2 fully saturated rings. The Labute approximate surface area is 124 Å². The minimum Gasteiger partial charge on any atom is -0.379 e. The lowest BCUT2D eigenvalue weighted by Gasteiger charge is -2.36. The van der Waals surface area contributed by atoms with Gasteiger partial charge in [0.15, 0.2) is 0 Å².